The highest BCUT2D eigenvalue weighted by Gasteiger charge is 2.35. The lowest BCUT2D eigenvalue weighted by molar-refractivity contribution is -0.142. The van der Waals surface area contributed by atoms with Crippen LogP contribution >= 0.6 is 11.6 Å². The zero-order valence-corrected chi connectivity index (χ0v) is 27.6. The number of benzene rings is 1. The highest BCUT2D eigenvalue weighted by Crippen LogP contribution is 2.30. The van der Waals surface area contributed by atoms with Crippen molar-refractivity contribution < 1.29 is 23.6 Å². The fourth-order valence-corrected chi connectivity index (χ4v) is 6.46. The molecule has 1 aliphatic heterocycles. The van der Waals surface area contributed by atoms with Gasteiger partial charge in [0.2, 0.25) is 17.7 Å². The van der Waals surface area contributed by atoms with Crippen molar-refractivity contribution in [3.8, 4) is 0 Å². The van der Waals surface area contributed by atoms with Crippen LogP contribution in [0.3, 0.4) is 0 Å². The molecule has 1 unspecified atom stereocenters. The normalized spacial score (nSPS) is 18.7. The molecule has 11 nitrogen and oxygen atoms in total. The highest BCUT2D eigenvalue weighted by atomic mass is 35.5. The molecule has 1 N–H and O–H groups in total. The van der Waals surface area contributed by atoms with Gasteiger partial charge < -0.3 is 24.4 Å². The summed E-state index contributed by atoms with van der Waals surface area (Å²) in [4.78, 5) is 59.0. The van der Waals surface area contributed by atoms with Crippen LogP contribution in [0.25, 0.3) is 11.0 Å². The minimum Gasteiger partial charge on any atom is -0.464 e. The molecule has 2 aliphatic rings. The van der Waals surface area contributed by atoms with Gasteiger partial charge in [0.1, 0.15) is 5.58 Å². The van der Waals surface area contributed by atoms with Crippen LogP contribution in [-0.4, -0.2) is 93.9 Å². The number of furan rings is 1. The van der Waals surface area contributed by atoms with Crippen LogP contribution in [0.1, 0.15) is 66.0 Å². The second kappa shape index (κ2) is 13.6. The number of hydrogen-bond acceptors (Lipinski definition) is 6. The van der Waals surface area contributed by atoms with Gasteiger partial charge in [-0.2, -0.15) is 5.10 Å². The number of carbonyl (C=O) groups is 4. The Morgan fingerprint density at radius 1 is 1.18 bits per heavy atom. The third kappa shape index (κ3) is 7.19. The Labute approximate surface area is 268 Å². The van der Waals surface area contributed by atoms with Gasteiger partial charge in [-0.25, -0.2) is 0 Å². The molecule has 1 aliphatic carbocycles. The lowest BCUT2D eigenvalue weighted by Gasteiger charge is -2.36. The van der Waals surface area contributed by atoms with E-state index < -0.39 is 0 Å². The Morgan fingerprint density at radius 3 is 2.71 bits per heavy atom. The van der Waals surface area contributed by atoms with E-state index in [-0.39, 0.29) is 55.7 Å². The molecule has 0 saturated carbocycles. The highest BCUT2D eigenvalue weighted by molar-refractivity contribution is 6.32. The van der Waals surface area contributed by atoms with Crippen molar-refractivity contribution in [3.05, 3.63) is 51.5 Å². The molecule has 1 atom stereocenters. The zero-order chi connectivity index (χ0) is 32.4. The van der Waals surface area contributed by atoms with Crippen LogP contribution in [-0.2, 0) is 40.7 Å². The zero-order valence-electron chi connectivity index (χ0n) is 26.8. The minimum absolute atomic E-state index is 0.0523. The molecule has 12 heteroatoms. The van der Waals surface area contributed by atoms with E-state index in [2.05, 4.69) is 24.3 Å². The van der Waals surface area contributed by atoms with Crippen molar-refractivity contribution in [1.82, 2.24) is 29.8 Å². The molecule has 3 aromatic rings. The van der Waals surface area contributed by atoms with Gasteiger partial charge in [0.05, 0.1) is 25.8 Å². The first-order valence-corrected chi connectivity index (χ1v) is 16.1. The second-order valence-corrected chi connectivity index (χ2v) is 13.2. The van der Waals surface area contributed by atoms with Crippen molar-refractivity contribution in [2.45, 2.75) is 65.3 Å². The Balaban J connectivity index is 1.45. The predicted molar refractivity (Wildman–Crippen MR) is 171 cm³/mol. The van der Waals surface area contributed by atoms with Crippen molar-refractivity contribution in [1.29, 1.82) is 0 Å². The quantitative estimate of drug-likeness (QED) is 0.457. The lowest BCUT2D eigenvalue weighted by Crippen LogP contribution is -2.50. The number of halogens is 1. The van der Waals surface area contributed by atoms with E-state index in [1.165, 1.54) is 4.90 Å². The molecule has 5 rings (SSSR count). The van der Waals surface area contributed by atoms with Gasteiger partial charge in [-0.15, -0.1) is 0 Å². The molecule has 2 bridgehead atoms. The number of fused-ring (bicyclic) bond motifs is 2. The number of nitrogens with one attached hydrogen (secondary N) is 1. The largest absolute Gasteiger partial charge is 0.464 e. The summed E-state index contributed by atoms with van der Waals surface area (Å²) in [7, 11) is 3.42. The summed E-state index contributed by atoms with van der Waals surface area (Å²) >= 11 is 6.38. The van der Waals surface area contributed by atoms with E-state index in [0.717, 1.165) is 35.0 Å². The number of hydrogen-bond donors (Lipinski definition) is 1. The maximum absolute atomic E-state index is 14.1. The third-order valence-corrected chi connectivity index (χ3v) is 9.36. The van der Waals surface area contributed by atoms with Gasteiger partial charge in [-0.3, -0.25) is 23.9 Å². The summed E-state index contributed by atoms with van der Waals surface area (Å²) in [5.74, 6) is -0.558. The van der Waals surface area contributed by atoms with E-state index in [0.29, 0.717) is 60.1 Å². The molecule has 1 aromatic carbocycles. The molecular formula is C33H43ClN6O5. The van der Waals surface area contributed by atoms with E-state index in [1.54, 1.807) is 22.9 Å². The summed E-state index contributed by atoms with van der Waals surface area (Å²) < 4.78 is 7.48. The molecule has 0 fully saturated rings. The topological polar surface area (TPSA) is 121 Å². The number of rotatable bonds is 5. The molecule has 3 heterocycles. The van der Waals surface area contributed by atoms with E-state index in [9.17, 15) is 19.2 Å². The molecular weight excluding hydrogens is 596 g/mol. The van der Waals surface area contributed by atoms with Crippen LogP contribution in [0.4, 0.5) is 0 Å². The Kier molecular flexibility index (Phi) is 9.86. The van der Waals surface area contributed by atoms with Gasteiger partial charge >= 0.3 is 0 Å². The van der Waals surface area contributed by atoms with Crippen LogP contribution in [0.15, 0.2) is 22.8 Å². The molecule has 2 aromatic heterocycles. The van der Waals surface area contributed by atoms with Gasteiger partial charge in [0, 0.05) is 67.0 Å². The minimum atomic E-state index is -0.310. The number of aromatic nitrogens is 2. The van der Waals surface area contributed by atoms with Gasteiger partial charge in [0.25, 0.3) is 5.91 Å². The Bertz CT molecular complexity index is 1610. The average molecular weight is 639 g/mol. The molecule has 4 amide bonds. The first-order valence-electron chi connectivity index (χ1n) is 15.7. The fraction of sp³-hybridized carbons (Fsp3) is 0.545. The number of amides is 4. The van der Waals surface area contributed by atoms with E-state index in [4.69, 9.17) is 16.0 Å². The summed E-state index contributed by atoms with van der Waals surface area (Å²) in [6, 6.07) is 3.53. The predicted octanol–water partition coefficient (Wildman–Crippen LogP) is 3.52. The lowest BCUT2D eigenvalue weighted by atomic mass is 9.89. The number of carbonyl (C=O) groups excluding carboxylic acids is 4. The summed E-state index contributed by atoms with van der Waals surface area (Å²) in [5, 5.41) is 8.76. The molecule has 45 heavy (non-hydrogen) atoms. The Hall–Kier alpha value is -3.86. The average Bonchev–Trinajstić information content (AvgIpc) is 3.53. The SMILES string of the molecule is Cc1cc2occ(CC(=O)N3CCCNC(=O)CN(C)C(=O)c4nn(C)c5c4CC(CC5)N(CCC(C)C)C(=O)C3)c2cc1Cl. The summed E-state index contributed by atoms with van der Waals surface area (Å²) in [6.07, 6.45) is 4.79. The van der Waals surface area contributed by atoms with Crippen LogP contribution in [0.2, 0.25) is 5.02 Å². The monoisotopic (exact) mass is 638 g/mol. The maximum atomic E-state index is 14.1. The summed E-state index contributed by atoms with van der Waals surface area (Å²) in [6.45, 7) is 7.10. The third-order valence-electron chi connectivity index (χ3n) is 8.95. The first-order chi connectivity index (χ1) is 21.4. The molecule has 0 saturated heterocycles. The summed E-state index contributed by atoms with van der Waals surface area (Å²) in [5.41, 5.74) is 4.38. The van der Waals surface area contributed by atoms with E-state index in [1.807, 2.05) is 31.0 Å². The smallest absolute Gasteiger partial charge is 0.274 e. The maximum Gasteiger partial charge on any atom is 0.274 e. The van der Waals surface area contributed by atoms with Crippen LogP contribution in [0, 0.1) is 12.8 Å². The van der Waals surface area contributed by atoms with Gasteiger partial charge in [-0.1, -0.05) is 25.4 Å². The first kappa shape index (κ1) is 32.5. The van der Waals surface area contributed by atoms with E-state index >= 15 is 0 Å². The van der Waals surface area contributed by atoms with Gasteiger partial charge in [-0.05, 0) is 62.6 Å². The van der Waals surface area contributed by atoms with Crippen molar-refractivity contribution in [2.75, 3.05) is 39.8 Å². The Morgan fingerprint density at radius 2 is 1.96 bits per heavy atom. The molecule has 0 spiro atoms. The number of aryl methyl sites for hydroxylation is 2. The second-order valence-electron chi connectivity index (χ2n) is 12.8. The van der Waals surface area contributed by atoms with Crippen molar-refractivity contribution in [3.63, 3.8) is 0 Å². The number of likely N-dealkylation sites (N-methyl/N-ethyl adjacent to an activating group) is 1. The standard InChI is InChI=1S/C33H43ClN6O5/c1-20(2)9-12-40-23-7-8-27-25(15-23)32(36-38(27)5)33(44)37(4)17-29(41)35-10-6-11-39(18-31(40)43)30(42)14-22-19-45-28-13-21(3)26(34)16-24(22)28/h13,16,19-20,23H,6-12,14-15,17-18H2,1-5H3,(H,35,41). The fourth-order valence-electron chi connectivity index (χ4n) is 6.30. The van der Waals surface area contributed by atoms with Gasteiger partial charge in [0.15, 0.2) is 5.69 Å². The van der Waals surface area contributed by atoms with Crippen molar-refractivity contribution >= 4 is 46.2 Å². The molecule has 242 valence electrons. The van der Waals surface area contributed by atoms with Crippen LogP contribution < -0.4 is 5.32 Å². The van der Waals surface area contributed by atoms with Crippen molar-refractivity contribution in [2.24, 2.45) is 13.0 Å². The molecule has 0 radical (unpaired) electrons. The number of nitrogens with zero attached hydrogens (tertiary/aromatic N) is 5. The van der Waals surface area contributed by atoms with Crippen LogP contribution in [0.5, 0.6) is 0 Å².